The van der Waals surface area contributed by atoms with Crippen molar-refractivity contribution in [2.45, 2.75) is 39.0 Å². The Bertz CT molecular complexity index is 661. The maximum atomic E-state index is 10.3. The predicted octanol–water partition coefficient (Wildman–Crippen LogP) is 1.34. The standard InChI is InChI=1S/C13H14N2O3S.CH3NOS.CH4.K.H/c1-13(2)11(16)10(15-12(17)19)8-5-7(6-14)3-4-9(8)18-13;2-1(3)4;;;/h3-5,10-11,16H,1-2H3,(H2,15,17,19);(H3,2,3,4);1H4;;. The molecule has 10 heteroatoms. The molecule has 25 heavy (non-hydrogen) atoms. The molecule has 1 aliphatic rings. The topological polar surface area (TPSA) is 132 Å². The fourth-order valence-corrected chi connectivity index (χ4v) is 2.29. The molecular formula is C15H22KN3O4S2. The van der Waals surface area contributed by atoms with Crippen LogP contribution in [-0.2, 0) is 0 Å². The number of thiocarbonyl (C=S) groups is 2. The van der Waals surface area contributed by atoms with Gasteiger partial charge in [0.25, 0.3) is 10.3 Å². The molecule has 0 radical (unpaired) electrons. The molecule has 0 aliphatic carbocycles. The number of fused-ring (bicyclic) bond motifs is 1. The molecule has 0 bridgehead atoms. The maximum absolute atomic E-state index is 10.3. The van der Waals surface area contributed by atoms with Gasteiger partial charge in [-0.3, -0.25) is 0 Å². The van der Waals surface area contributed by atoms with Crippen LogP contribution in [0.4, 0.5) is 0 Å². The number of benzene rings is 1. The Morgan fingerprint density at radius 2 is 1.88 bits per heavy atom. The van der Waals surface area contributed by atoms with Gasteiger partial charge in [0.15, 0.2) is 0 Å². The zero-order chi connectivity index (χ0) is 17.8. The molecule has 134 valence electrons. The number of ether oxygens (including phenoxy) is 1. The Morgan fingerprint density at radius 1 is 1.36 bits per heavy atom. The number of hydrogen-bond donors (Lipinski definition) is 5. The van der Waals surface area contributed by atoms with E-state index in [9.17, 15) is 10.2 Å². The summed E-state index contributed by atoms with van der Waals surface area (Å²) in [6, 6.07) is 6.34. The summed E-state index contributed by atoms with van der Waals surface area (Å²) in [7, 11) is 0. The first-order valence-corrected chi connectivity index (χ1v) is 7.29. The number of nitrogens with two attached hydrogens (primary N) is 1. The summed E-state index contributed by atoms with van der Waals surface area (Å²) in [4.78, 5) is 0. The van der Waals surface area contributed by atoms with E-state index in [1.165, 1.54) is 0 Å². The number of nitrogens with zero attached hydrogens (tertiary/aromatic N) is 1. The molecule has 1 aromatic rings. The molecule has 0 saturated carbocycles. The quantitative estimate of drug-likeness (QED) is 0.343. The fourth-order valence-electron chi connectivity index (χ4n) is 2.16. The summed E-state index contributed by atoms with van der Waals surface area (Å²) >= 11 is 8.49. The van der Waals surface area contributed by atoms with Gasteiger partial charge in [-0.15, -0.1) is 0 Å². The SMILES string of the molecule is C.CC1(C)Oc2ccc(C#N)cc2C(NC(O)=S)C1O.NC(O)=S.[KH]. The number of nitrogens with one attached hydrogen (secondary N) is 1. The van der Waals surface area contributed by atoms with Crippen molar-refractivity contribution in [3.63, 3.8) is 0 Å². The van der Waals surface area contributed by atoms with E-state index in [1.807, 2.05) is 6.07 Å². The van der Waals surface area contributed by atoms with Gasteiger partial charge in [0.1, 0.15) is 17.5 Å². The molecule has 2 unspecified atom stereocenters. The third-order valence-electron chi connectivity index (χ3n) is 3.15. The Balaban J connectivity index is 0. The summed E-state index contributed by atoms with van der Waals surface area (Å²) in [5.74, 6) is 0.558. The van der Waals surface area contributed by atoms with E-state index in [1.54, 1.807) is 32.0 Å². The fraction of sp³-hybridized carbons (Fsp3) is 0.400. The molecular weight excluding hydrogens is 389 g/mol. The molecule has 2 atom stereocenters. The zero-order valence-electron chi connectivity index (χ0n) is 12.5. The summed E-state index contributed by atoms with van der Waals surface area (Å²) in [5.41, 5.74) is 4.62. The van der Waals surface area contributed by atoms with Crippen LogP contribution < -0.4 is 15.8 Å². The molecule has 0 aromatic heterocycles. The third-order valence-corrected chi connectivity index (χ3v) is 3.27. The number of rotatable bonds is 1. The monoisotopic (exact) mass is 411 g/mol. The third kappa shape index (κ3) is 7.72. The molecule has 0 fully saturated rings. The number of nitriles is 1. The van der Waals surface area contributed by atoms with Crippen molar-refractivity contribution in [1.82, 2.24) is 5.32 Å². The minimum atomic E-state index is -0.918. The van der Waals surface area contributed by atoms with Crippen molar-refractivity contribution in [3.05, 3.63) is 29.3 Å². The van der Waals surface area contributed by atoms with Crippen LogP contribution in [0.15, 0.2) is 18.2 Å². The van der Waals surface area contributed by atoms with Gasteiger partial charge in [-0.1, -0.05) is 7.43 Å². The second kappa shape index (κ2) is 11.3. The van der Waals surface area contributed by atoms with E-state index in [2.05, 4.69) is 35.5 Å². The molecule has 6 N–H and O–H groups in total. The number of aliphatic hydroxyl groups excluding tert-OH is 3. The van der Waals surface area contributed by atoms with Crippen molar-refractivity contribution in [2.24, 2.45) is 5.73 Å². The van der Waals surface area contributed by atoms with Gasteiger partial charge in [0.2, 0.25) is 0 Å². The molecule has 1 aliphatic heterocycles. The van der Waals surface area contributed by atoms with Gasteiger partial charge in [-0.2, -0.15) is 5.26 Å². The van der Waals surface area contributed by atoms with Crippen molar-refractivity contribution < 1.29 is 20.1 Å². The average Bonchev–Trinajstić information content (AvgIpc) is 2.42. The van der Waals surface area contributed by atoms with E-state index in [-0.39, 0.29) is 58.8 Å². The molecule has 0 spiro atoms. The van der Waals surface area contributed by atoms with Crippen LogP contribution in [0.2, 0.25) is 0 Å². The van der Waals surface area contributed by atoms with Crippen LogP contribution in [0.1, 0.15) is 38.4 Å². The van der Waals surface area contributed by atoms with Gasteiger partial charge in [-0.05, 0) is 56.5 Å². The van der Waals surface area contributed by atoms with E-state index < -0.39 is 28.1 Å². The number of hydrogen-bond acceptors (Lipinski definition) is 5. The van der Waals surface area contributed by atoms with Gasteiger partial charge in [0.05, 0.1) is 17.7 Å². The Kier molecular flexibility index (Phi) is 12.0. The van der Waals surface area contributed by atoms with Crippen molar-refractivity contribution >= 4 is 86.2 Å². The van der Waals surface area contributed by atoms with Gasteiger partial charge >= 0.3 is 51.4 Å². The van der Waals surface area contributed by atoms with Crippen LogP contribution in [0.5, 0.6) is 5.75 Å². The molecule has 7 nitrogen and oxygen atoms in total. The molecule has 1 heterocycles. The Labute approximate surface area is 200 Å². The van der Waals surface area contributed by atoms with Crippen LogP contribution in [0.3, 0.4) is 0 Å². The van der Waals surface area contributed by atoms with Gasteiger partial charge < -0.3 is 31.1 Å². The summed E-state index contributed by atoms with van der Waals surface area (Å²) in [6.07, 6.45) is -0.918. The first-order valence-electron chi connectivity index (χ1n) is 6.47. The van der Waals surface area contributed by atoms with E-state index in [4.69, 9.17) is 15.1 Å². The van der Waals surface area contributed by atoms with E-state index >= 15 is 0 Å². The summed E-state index contributed by atoms with van der Waals surface area (Å²) in [6.45, 7) is 3.49. The first-order chi connectivity index (χ1) is 10.6. The molecule has 0 amide bonds. The second-order valence-corrected chi connectivity index (χ2v) is 6.09. The van der Waals surface area contributed by atoms with Crippen molar-refractivity contribution in [3.8, 4) is 11.8 Å². The normalized spacial score (nSPS) is 19.0. The van der Waals surface area contributed by atoms with Crippen LogP contribution in [-0.4, -0.2) is 88.8 Å². The van der Waals surface area contributed by atoms with Crippen LogP contribution >= 0.6 is 24.4 Å². The van der Waals surface area contributed by atoms with Gasteiger partial charge in [-0.25, -0.2) is 0 Å². The zero-order valence-corrected chi connectivity index (χ0v) is 14.1. The molecule has 1 aromatic carbocycles. The predicted molar refractivity (Wildman–Crippen MR) is 106 cm³/mol. The average molecular weight is 412 g/mol. The van der Waals surface area contributed by atoms with E-state index in [0.717, 1.165) is 0 Å². The van der Waals surface area contributed by atoms with Crippen LogP contribution in [0.25, 0.3) is 0 Å². The van der Waals surface area contributed by atoms with Gasteiger partial charge in [0, 0.05) is 5.56 Å². The second-order valence-electron chi connectivity index (χ2n) is 5.28. The summed E-state index contributed by atoms with van der Waals surface area (Å²) in [5, 5.41) is 37.8. The summed E-state index contributed by atoms with van der Waals surface area (Å²) < 4.78 is 5.72. The van der Waals surface area contributed by atoms with E-state index in [0.29, 0.717) is 16.9 Å². The van der Waals surface area contributed by atoms with Crippen molar-refractivity contribution in [2.75, 3.05) is 0 Å². The Hall–Kier alpha value is -0.514. The Morgan fingerprint density at radius 3 is 2.32 bits per heavy atom. The van der Waals surface area contributed by atoms with Crippen LogP contribution in [0, 0.1) is 11.3 Å². The molecule has 0 saturated heterocycles. The minimum absolute atomic E-state index is 0. The number of aliphatic hydroxyl groups is 3. The van der Waals surface area contributed by atoms with Crippen molar-refractivity contribution in [1.29, 1.82) is 5.26 Å². The molecule has 2 rings (SSSR count). The first kappa shape index (κ1) is 26.7.